The molecule has 6 nitrogen and oxygen atoms in total. The number of nitrogens with zero attached hydrogens (tertiary/aromatic N) is 3. The molecule has 0 aromatic carbocycles. The standard InChI is InChI=1S/C13H25N5O/c1-3-19-8-4-5-12-15-13(17-16-12)18-7-6-10(2)11(14)9-18/h10-11H,3-9,14H2,1-2H3,(H,15,16,17). The second-order valence-corrected chi connectivity index (χ2v) is 5.26. The quantitative estimate of drug-likeness (QED) is 0.750. The van der Waals surface area contributed by atoms with E-state index in [2.05, 4.69) is 27.0 Å². The molecule has 108 valence electrons. The summed E-state index contributed by atoms with van der Waals surface area (Å²) in [7, 11) is 0. The van der Waals surface area contributed by atoms with Crippen molar-refractivity contribution in [3.05, 3.63) is 5.82 Å². The minimum atomic E-state index is 0.216. The van der Waals surface area contributed by atoms with Crippen LogP contribution in [0.3, 0.4) is 0 Å². The second-order valence-electron chi connectivity index (χ2n) is 5.26. The summed E-state index contributed by atoms with van der Waals surface area (Å²) >= 11 is 0. The lowest BCUT2D eigenvalue weighted by Gasteiger charge is -2.34. The van der Waals surface area contributed by atoms with E-state index in [4.69, 9.17) is 10.5 Å². The maximum Gasteiger partial charge on any atom is 0.244 e. The number of aryl methyl sites for hydroxylation is 1. The van der Waals surface area contributed by atoms with Gasteiger partial charge < -0.3 is 15.4 Å². The fraction of sp³-hybridized carbons (Fsp3) is 0.846. The topological polar surface area (TPSA) is 80.1 Å². The third-order valence-corrected chi connectivity index (χ3v) is 3.73. The Morgan fingerprint density at radius 3 is 3.11 bits per heavy atom. The van der Waals surface area contributed by atoms with E-state index in [1.165, 1.54) is 0 Å². The van der Waals surface area contributed by atoms with Gasteiger partial charge in [0.25, 0.3) is 0 Å². The number of anilines is 1. The Morgan fingerprint density at radius 2 is 2.37 bits per heavy atom. The fourth-order valence-electron chi connectivity index (χ4n) is 2.31. The van der Waals surface area contributed by atoms with Crippen LogP contribution >= 0.6 is 0 Å². The molecule has 6 heteroatoms. The number of piperidine rings is 1. The minimum absolute atomic E-state index is 0.216. The highest BCUT2D eigenvalue weighted by Gasteiger charge is 2.25. The van der Waals surface area contributed by atoms with Gasteiger partial charge in [-0.3, -0.25) is 5.10 Å². The number of nitrogens with two attached hydrogens (primary N) is 1. The van der Waals surface area contributed by atoms with Gasteiger partial charge in [0.2, 0.25) is 5.95 Å². The molecule has 2 unspecified atom stereocenters. The van der Waals surface area contributed by atoms with Crippen molar-refractivity contribution < 1.29 is 4.74 Å². The lowest BCUT2D eigenvalue weighted by molar-refractivity contribution is 0.145. The van der Waals surface area contributed by atoms with Gasteiger partial charge in [-0.15, -0.1) is 5.10 Å². The molecule has 2 atom stereocenters. The third-order valence-electron chi connectivity index (χ3n) is 3.73. The number of rotatable bonds is 6. The van der Waals surface area contributed by atoms with E-state index < -0.39 is 0 Å². The first-order chi connectivity index (χ1) is 9.20. The molecule has 0 saturated carbocycles. The molecule has 1 aromatic heterocycles. The summed E-state index contributed by atoms with van der Waals surface area (Å²) in [4.78, 5) is 6.71. The van der Waals surface area contributed by atoms with Crippen LogP contribution in [-0.2, 0) is 11.2 Å². The maximum absolute atomic E-state index is 6.10. The number of nitrogens with one attached hydrogen (secondary N) is 1. The maximum atomic E-state index is 6.10. The molecule has 0 spiro atoms. The van der Waals surface area contributed by atoms with Gasteiger partial charge in [-0.1, -0.05) is 6.92 Å². The molecular formula is C13H25N5O. The van der Waals surface area contributed by atoms with Crippen LogP contribution in [0.5, 0.6) is 0 Å². The summed E-state index contributed by atoms with van der Waals surface area (Å²) in [6, 6.07) is 0.216. The third kappa shape index (κ3) is 3.91. The van der Waals surface area contributed by atoms with Crippen LogP contribution in [0.1, 0.15) is 32.5 Å². The summed E-state index contributed by atoms with van der Waals surface area (Å²) in [5.41, 5.74) is 6.10. The Morgan fingerprint density at radius 1 is 1.53 bits per heavy atom. The predicted octanol–water partition coefficient (Wildman–Crippen LogP) is 0.947. The zero-order valence-electron chi connectivity index (χ0n) is 11.9. The van der Waals surface area contributed by atoms with Crippen LogP contribution in [0.2, 0.25) is 0 Å². The highest BCUT2D eigenvalue weighted by atomic mass is 16.5. The van der Waals surface area contributed by atoms with E-state index in [-0.39, 0.29) is 6.04 Å². The molecule has 2 heterocycles. The zero-order chi connectivity index (χ0) is 13.7. The first-order valence-corrected chi connectivity index (χ1v) is 7.20. The molecule has 19 heavy (non-hydrogen) atoms. The van der Waals surface area contributed by atoms with E-state index >= 15 is 0 Å². The van der Waals surface area contributed by atoms with Crippen LogP contribution < -0.4 is 10.6 Å². The van der Waals surface area contributed by atoms with Crippen molar-refractivity contribution in [1.82, 2.24) is 15.2 Å². The van der Waals surface area contributed by atoms with Crippen molar-refractivity contribution in [1.29, 1.82) is 0 Å². The molecular weight excluding hydrogens is 242 g/mol. The largest absolute Gasteiger partial charge is 0.382 e. The second kappa shape index (κ2) is 6.86. The van der Waals surface area contributed by atoms with Gasteiger partial charge in [0, 0.05) is 38.8 Å². The Bertz CT molecular complexity index is 381. The number of H-pyrrole nitrogens is 1. The molecule has 0 radical (unpaired) electrons. The number of hydrogen-bond donors (Lipinski definition) is 2. The smallest absolute Gasteiger partial charge is 0.244 e. The monoisotopic (exact) mass is 267 g/mol. The summed E-state index contributed by atoms with van der Waals surface area (Å²) in [5.74, 6) is 2.30. The van der Waals surface area contributed by atoms with E-state index in [1.807, 2.05) is 6.92 Å². The first kappa shape index (κ1) is 14.3. The lowest BCUT2D eigenvalue weighted by atomic mass is 9.95. The summed E-state index contributed by atoms with van der Waals surface area (Å²) in [6.07, 6.45) is 2.96. The Labute approximate surface area is 114 Å². The Balaban J connectivity index is 1.83. The van der Waals surface area contributed by atoms with Crippen LogP contribution in [0.4, 0.5) is 5.95 Å². The molecule has 1 aromatic rings. The van der Waals surface area contributed by atoms with Gasteiger partial charge in [-0.25, -0.2) is 0 Å². The van der Waals surface area contributed by atoms with Crippen LogP contribution in [0, 0.1) is 5.92 Å². The molecule has 1 aliphatic heterocycles. The Kier molecular flexibility index (Phi) is 5.15. The van der Waals surface area contributed by atoms with E-state index in [9.17, 15) is 0 Å². The molecule has 0 aliphatic carbocycles. The number of hydrogen-bond acceptors (Lipinski definition) is 5. The molecule has 0 amide bonds. The van der Waals surface area contributed by atoms with E-state index in [0.717, 1.165) is 57.3 Å². The number of aromatic amines is 1. The van der Waals surface area contributed by atoms with Gasteiger partial charge in [0.15, 0.2) is 0 Å². The van der Waals surface area contributed by atoms with Crippen molar-refractivity contribution in [2.75, 3.05) is 31.2 Å². The summed E-state index contributed by atoms with van der Waals surface area (Å²) < 4.78 is 5.32. The first-order valence-electron chi connectivity index (χ1n) is 7.20. The van der Waals surface area contributed by atoms with Gasteiger partial charge >= 0.3 is 0 Å². The van der Waals surface area contributed by atoms with Gasteiger partial charge in [0.1, 0.15) is 5.82 Å². The van der Waals surface area contributed by atoms with Crippen LogP contribution in [-0.4, -0.2) is 47.5 Å². The van der Waals surface area contributed by atoms with Gasteiger partial charge in [-0.2, -0.15) is 4.98 Å². The minimum Gasteiger partial charge on any atom is -0.382 e. The summed E-state index contributed by atoms with van der Waals surface area (Å²) in [5, 5.41) is 7.30. The lowest BCUT2D eigenvalue weighted by Crippen LogP contribution is -2.48. The van der Waals surface area contributed by atoms with Crippen molar-refractivity contribution in [2.24, 2.45) is 11.7 Å². The van der Waals surface area contributed by atoms with Crippen molar-refractivity contribution >= 4 is 5.95 Å². The summed E-state index contributed by atoms with van der Waals surface area (Å²) in [6.45, 7) is 7.60. The van der Waals surface area contributed by atoms with Gasteiger partial charge in [-0.05, 0) is 25.7 Å². The molecule has 1 fully saturated rings. The average Bonchev–Trinajstić information content (AvgIpc) is 2.87. The van der Waals surface area contributed by atoms with E-state index in [1.54, 1.807) is 0 Å². The number of aromatic nitrogens is 3. The van der Waals surface area contributed by atoms with Crippen molar-refractivity contribution in [3.8, 4) is 0 Å². The molecule has 3 N–H and O–H groups in total. The highest BCUT2D eigenvalue weighted by Crippen LogP contribution is 2.19. The van der Waals surface area contributed by atoms with Gasteiger partial charge in [0.05, 0.1) is 0 Å². The van der Waals surface area contributed by atoms with Crippen LogP contribution in [0.15, 0.2) is 0 Å². The molecule has 1 saturated heterocycles. The SMILES string of the molecule is CCOCCCc1nc(N2CCC(C)C(N)C2)n[nH]1. The Hall–Kier alpha value is -1.14. The average molecular weight is 267 g/mol. The molecule has 0 bridgehead atoms. The number of ether oxygens (including phenoxy) is 1. The highest BCUT2D eigenvalue weighted by molar-refractivity contribution is 5.30. The van der Waals surface area contributed by atoms with Crippen molar-refractivity contribution in [2.45, 2.75) is 39.2 Å². The molecule has 1 aliphatic rings. The van der Waals surface area contributed by atoms with Crippen LogP contribution in [0.25, 0.3) is 0 Å². The molecule has 2 rings (SSSR count). The fourth-order valence-corrected chi connectivity index (χ4v) is 2.31. The normalized spacial score (nSPS) is 23.8. The van der Waals surface area contributed by atoms with Crippen molar-refractivity contribution in [3.63, 3.8) is 0 Å². The zero-order valence-corrected chi connectivity index (χ0v) is 11.9. The van der Waals surface area contributed by atoms with E-state index in [0.29, 0.717) is 5.92 Å². The predicted molar refractivity (Wildman–Crippen MR) is 75.2 cm³/mol.